The van der Waals surface area contributed by atoms with Crippen molar-refractivity contribution in [2.45, 2.75) is 33.1 Å². The summed E-state index contributed by atoms with van der Waals surface area (Å²) in [7, 11) is 1.74. The van der Waals surface area contributed by atoms with Gasteiger partial charge in [0.2, 0.25) is 0 Å². The molecule has 32 heavy (non-hydrogen) atoms. The Balaban J connectivity index is 3.57. The van der Waals surface area contributed by atoms with Gasteiger partial charge in [-0.15, -0.1) is 0 Å². The lowest BCUT2D eigenvalue weighted by molar-refractivity contribution is -0.0969. The number of halogens is 6. The van der Waals surface area contributed by atoms with Gasteiger partial charge in [-0.05, 0) is 42.7 Å². The van der Waals surface area contributed by atoms with Gasteiger partial charge in [-0.1, -0.05) is 68.2 Å². The van der Waals surface area contributed by atoms with E-state index in [1.807, 2.05) is 0 Å². The van der Waals surface area contributed by atoms with Gasteiger partial charge in [-0.25, -0.2) is 0 Å². The first-order chi connectivity index (χ1) is 14.8. The summed E-state index contributed by atoms with van der Waals surface area (Å²) in [5.41, 5.74) is -0.968. The lowest BCUT2D eigenvalue weighted by Gasteiger charge is -2.17. The van der Waals surface area contributed by atoms with Crippen LogP contribution in [0.2, 0.25) is 0 Å². The highest BCUT2D eigenvalue weighted by molar-refractivity contribution is 5.61. The van der Waals surface area contributed by atoms with Gasteiger partial charge in [-0.3, -0.25) is 0 Å². The van der Waals surface area contributed by atoms with E-state index in [2.05, 4.69) is 11.9 Å². The molecule has 0 fully saturated rings. The summed E-state index contributed by atoms with van der Waals surface area (Å²) in [5, 5.41) is 2.94. The van der Waals surface area contributed by atoms with Crippen molar-refractivity contribution in [1.82, 2.24) is 0 Å². The summed E-state index contributed by atoms with van der Waals surface area (Å²) >= 11 is 0. The Hall–Kier alpha value is -2.96. The highest BCUT2D eigenvalue weighted by atomic mass is 19.4. The zero-order valence-corrected chi connectivity index (χ0v) is 18.4. The van der Waals surface area contributed by atoms with Crippen LogP contribution < -0.4 is 5.32 Å². The van der Waals surface area contributed by atoms with Crippen LogP contribution in [0.3, 0.4) is 0 Å². The molecular weight excluding hydrogens is 428 g/mol. The van der Waals surface area contributed by atoms with Crippen molar-refractivity contribution >= 4 is 11.8 Å². The minimum atomic E-state index is -4.76. The largest absolute Gasteiger partial charge is 0.417 e. The van der Waals surface area contributed by atoms with Crippen molar-refractivity contribution in [3.63, 3.8) is 0 Å². The smallest absolute Gasteiger partial charge is 0.388 e. The van der Waals surface area contributed by atoms with Crippen molar-refractivity contribution in [3.05, 3.63) is 95.2 Å². The van der Waals surface area contributed by atoms with Crippen LogP contribution in [-0.2, 0) is 0 Å². The van der Waals surface area contributed by atoms with Crippen LogP contribution in [0.5, 0.6) is 0 Å². The molecule has 1 nitrogen and oxygen atoms in total. The monoisotopic (exact) mass is 455 g/mol. The van der Waals surface area contributed by atoms with Crippen LogP contribution in [0.15, 0.2) is 89.6 Å². The van der Waals surface area contributed by atoms with Crippen molar-refractivity contribution in [3.8, 4) is 0 Å². The Morgan fingerprint density at radius 3 is 1.97 bits per heavy atom. The van der Waals surface area contributed by atoms with Crippen LogP contribution >= 0.6 is 0 Å². The summed E-state index contributed by atoms with van der Waals surface area (Å²) in [6.07, 6.45) is -0.903. The first-order valence-corrected chi connectivity index (χ1v) is 9.86. The average Bonchev–Trinajstić information content (AvgIpc) is 2.68. The van der Waals surface area contributed by atoms with Crippen LogP contribution in [0, 0.1) is 5.92 Å². The quantitative estimate of drug-likeness (QED) is 0.236. The first-order valence-electron chi connectivity index (χ1n) is 9.86. The molecule has 1 aromatic rings. The van der Waals surface area contributed by atoms with E-state index in [1.165, 1.54) is 38.2 Å². The van der Waals surface area contributed by atoms with Gasteiger partial charge < -0.3 is 5.32 Å². The summed E-state index contributed by atoms with van der Waals surface area (Å²) in [4.78, 5) is 0. The number of rotatable bonds is 8. The van der Waals surface area contributed by atoms with Gasteiger partial charge in [-0.2, -0.15) is 26.3 Å². The summed E-state index contributed by atoms with van der Waals surface area (Å²) < 4.78 is 81.2. The van der Waals surface area contributed by atoms with Crippen LogP contribution in [0.1, 0.15) is 26.3 Å². The average molecular weight is 455 g/mol. The molecule has 1 aromatic carbocycles. The number of hydrogen-bond acceptors (Lipinski definition) is 1. The van der Waals surface area contributed by atoms with Crippen molar-refractivity contribution in [2.75, 3.05) is 12.4 Å². The topological polar surface area (TPSA) is 12.0 Å². The molecule has 0 spiro atoms. The molecule has 1 atom stereocenters. The number of allylic oxidation sites excluding steroid dienone is 10. The molecule has 1 unspecified atom stereocenters. The Kier molecular flexibility index (Phi) is 9.81. The van der Waals surface area contributed by atoms with E-state index in [0.717, 1.165) is 23.9 Å². The Labute approximate surface area is 185 Å². The number of nitrogens with one attached hydrogen (secondary N) is 1. The molecule has 0 aliphatic rings. The predicted octanol–water partition coefficient (Wildman–Crippen LogP) is 8.43. The third-order valence-corrected chi connectivity index (χ3v) is 4.61. The van der Waals surface area contributed by atoms with Gasteiger partial charge in [0.1, 0.15) is 0 Å². The zero-order valence-electron chi connectivity index (χ0n) is 18.4. The SMILES string of the molecule is C=C(/C=C\C)/C(=C(/C=Cc1ccc(NC)cc1)C=CC(C)/C(=C/C)C(F)(F)F)C(F)(F)F. The minimum Gasteiger partial charge on any atom is -0.388 e. The number of benzene rings is 1. The van der Waals surface area contributed by atoms with Crippen molar-refractivity contribution in [1.29, 1.82) is 0 Å². The highest BCUT2D eigenvalue weighted by Crippen LogP contribution is 2.36. The Bertz CT molecular complexity index is 923. The third kappa shape index (κ3) is 7.94. The van der Waals surface area contributed by atoms with E-state index in [4.69, 9.17) is 0 Å². The van der Waals surface area contributed by atoms with Crippen LogP contribution in [0.4, 0.5) is 32.0 Å². The number of anilines is 1. The van der Waals surface area contributed by atoms with E-state index in [-0.39, 0.29) is 11.1 Å². The predicted molar refractivity (Wildman–Crippen MR) is 120 cm³/mol. The number of alkyl halides is 6. The molecule has 1 rings (SSSR count). The highest BCUT2D eigenvalue weighted by Gasteiger charge is 2.37. The van der Waals surface area contributed by atoms with E-state index in [9.17, 15) is 26.3 Å². The fourth-order valence-electron chi connectivity index (χ4n) is 3.02. The maximum absolute atomic E-state index is 13.9. The molecular formula is C25H27F6N. The summed E-state index contributed by atoms with van der Waals surface area (Å²) in [6, 6.07) is 6.93. The molecule has 0 saturated carbocycles. The molecule has 0 aliphatic carbocycles. The molecule has 0 heterocycles. The second-order valence-electron chi connectivity index (χ2n) is 6.95. The lowest BCUT2D eigenvalue weighted by atomic mass is 9.95. The van der Waals surface area contributed by atoms with Crippen LogP contribution in [-0.4, -0.2) is 19.4 Å². The number of hydrogen-bond donors (Lipinski definition) is 1. The molecule has 0 saturated heterocycles. The molecule has 174 valence electrons. The normalized spacial score (nSPS) is 15.5. The second-order valence-corrected chi connectivity index (χ2v) is 6.95. The first kappa shape index (κ1) is 27.1. The fourth-order valence-corrected chi connectivity index (χ4v) is 3.02. The minimum absolute atomic E-state index is 0.287. The van der Waals surface area contributed by atoms with Gasteiger partial charge in [0.15, 0.2) is 0 Å². The van der Waals surface area contributed by atoms with Gasteiger partial charge in [0.25, 0.3) is 0 Å². The van der Waals surface area contributed by atoms with Gasteiger partial charge in [0.05, 0.1) is 5.57 Å². The van der Waals surface area contributed by atoms with E-state index >= 15 is 0 Å². The molecule has 0 aliphatic heterocycles. The molecule has 0 radical (unpaired) electrons. The lowest BCUT2D eigenvalue weighted by Crippen LogP contribution is -2.17. The summed E-state index contributed by atoms with van der Waals surface area (Å²) in [6.45, 7) is 7.58. The second kappa shape index (κ2) is 11.6. The third-order valence-electron chi connectivity index (χ3n) is 4.61. The Morgan fingerprint density at radius 1 is 0.938 bits per heavy atom. The van der Waals surface area contributed by atoms with Crippen LogP contribution in [0.25, 0.3) is 6.08 Å². The summed E-state index contributed by atoms with van der Waals surface area (Å²) in [5.74, 6) is -1.14. The maximum atomic E-state index is 13.9. The molecule has 0 amide bonds. The van der Waals surface area contributed by atoms with E-state index < -0.39 is 29.4 Å². The van der Waals surface area contributed by atoms with E-state index in [1.54, 1.807) is 38.2 Å². The van der Waals surface area contributed by atoms with Gasteiger partial charge >= 0.3 is 12.4 Å². The molecule has 7 heteroatoms. The van der Waals surface area contributed by atoms with Crippen molar-refractivity contribution in [2.24, 2.45) is 5.92 Å². The zero-order chi connectivity index (χ0) is 24.5. The van der Waals surface area contributed by atoms with Crippen molar-refractivity contribution < 1.29 is 26.3 Å². The fraction of sp³-hybridized carbons (Fsp3) is 0.280. The molecule has 0 bridgehead atoms. The van der Waals surface area contributed by atoms with E-state index in [0.29, 0.717) is 5.56 Å². The Morgan fingerprint density at radius 2 is 1.53 bits per heavy atom. The maximum Gasteiger partial charge on any atom is 0.417 e. The molecule has 0 aromatic heterocycles. The van der Waals surface area contributed by atoms with Gasteiger partial charge in [0, 0.05) is 24.2 Å². The standard InChI is InChI=1S/C25H27F6N/c1-6-8-18(4)23(25(29,30)31)20(13-9-17(3)22(7-2)24(26,27)28)14-10-19-11-15-21(32-5)16-12-19/h6-17,32H,4H2,1-3,5H3/b8-6-,13-9?,14-10?,22-7-,23-20-. The molecule has 1 N–H and O–H groups in total.